The number of nitrogens with one attached hydrogen (secondary N) is 1. The van der Waals surface area contributed by atoms with Crippen molar-refractivity contribution >= 4 is 0 Å². The van der Waals surface area contributed by atoms with Crippen molar-refractivity contribution in [1.82, 2.24) is 14.5 Å². The molecular formula is C12H15N3O. The number of hydrogen-bond acceptors (Lipinski definition) is 2. The average Bonchev–Trinajstić information content (AvgIpc) is 2.85. The molecule has 84 valence electrons. The minimum atomic E-state index is -0.307. The van der Waals surface area contributed by atoms with Gasteiger partial charge >= 0.3 is 0 Å². The highest BCUT2D eigenvalue weighted by Gasteiger charge is 2.24. The van der Waals surface area contributed by atoms with E-state index in [2.05, 4.69) is 20.6 Å². The van der Waals surface area contributed by atoms with Crippen LogP contribution in [0.2, 0.25) is 0 Å². The first-order valence-corrected chi connectivity index (χ1v) is 5.66. The van der Waals surface area contributed by atoms with Crippen LogP contribution >= 0.6 is 0 Å². The normalized spacial score (nSPS) is 19.8. The predicted octanol–water partition coefficient (Wildman–Crippen LogP) is 1.88. The van der Waals surface area contributed by atoms with E-state index in [-0.39, 0.29) is 6.10 Å². The van der Waals surface area contributed by atoms with Crippen LogP contribution in [-0.4, -0.2) is 19.6 Å². The molecule has 0 amide bonds. The summed E-state index contributed by atoms with van der Waals surface area (Å²) in [4.78, 5) is 7.39. The van der Waals surface area contributed by atoms with Gasteiger partial charge in [-0.25, -0.2) is 4.98 Å². The van der Waals surface area contributed by atoms with E-state index in [1.165, 1.54) is 5.69 Å². The molecule has 1 aliphatic rings. The number of aliphatic hydroxyl groups is 1. The van der Waals surface area contributed by atoms with Crippen molar-refractivity contribution < 1.29 is 5.11 Å². The van der Waals surface area contributed by atoms with Gasteiger partial charge in [-0.3, -0.25) is 4.57 Å². The van der Waals surface area contributed by atoms with Crippen LogP contribution < -0.4 is 0 Å². The van der Waals surface area contributed by atoms with Crippen LogP contribution in [0.4, 0.5) is 0 Å². The quantitative estimate of drug-likeness (QED) is 0.766. The number of aromatic amines is 1. The molecule has 4 nitrogen and oxygen atoms in total. The Labute approximate surface area is 93.9 Å². The molecule has 2 aromatic rings. The van der Waals surface area contributed by atoms with E-state index in [1.807, 2.05) is 13.1 Å². The van der Waals surface area contributed by atoms with Crippen LogP contribution in [0.3, 0.4) is 0 Å². The van der Waals surface area contributed by atoms with Crippen LogP contribution in [-0.2, 0) is 6.42 Å². The number of aliphatic hydroxyl groups excluding tert-OH is 1. The van der Waals surface area contributed by atoms with Crippen molar-refractivity contribution in [3.05, 3.63) is 35.4 Å². The van der Waals surface area contributed by atoms with Crippen molar-refractivity contribution in [2.24, 2.45) is 0 Å². The second-order valence-corrected chi connectivity index (χ2v) is 4.34. The standard InChI is InChI=1S/C12H15N3O/c1-8-7-9-10(3-2-4-11(9)16)15(8)12-13-5-6-14-12/h5-7,11,16H,2-4H2,1H3,(H,13,14). The summed E-state index contributed by atoms with van der Waals surface area (Å²) < 4.78 is 2.11. The minimum absolute atomic E-state index is 0.307. The van der Waals surface area contributed by atoms with E-state index in [9.17, 15) is 5.11 Å². The van der Waals surface area contributed by atoms with E-state index >= 15 is 0 Å². The Balaban J connectivity index is 2.19. The number of aryl methyl sites for hydroxylation is 1. The summed E-state index contributed by atoms with van der Waals surface area (Å²) in [5.74, 6) is 0.841. The molecule has 16 heavy (non-hydrogen) atoms. The summed E-state index contributed by atoms with van der Waals surface area (Å²) in [6, 6.07) is 2.07. The van der Waals surface area contributed by atoms with E-state index in [0.29, 0.717) is 0 Å². The summed E-state index contributed by atoms with van der Waals surface area (Å²) in [6.45, 7) is 2.05. The van der Waals surface area contributed by atoms with E-state index in [1.54, 1.807) is 6.20 Å². The fraction of sp³-hybridized carbons (Fsp3) is 0.417. The highest BCUT2D eigenvalue weighted by atomic mass is 16.3. The largest absolute Gasteiger partial charge is 0.388 e. The van der Waals surface area contributed by atoms with Gasteiger partial charge in [0.25, 0.3) is 0 Å². The van der Waals surface area contributed by atoms with Crippen molar-refractivity contribution in [2.45, 2.75) is 32.3 Å². The second-order valence-electron chi connectivity index (χ2n) is 4.34. The molecule has 1 aliphatic carbocycles. The van der Waals surface area contributed by atoms with Gasteiger partial charge in [-0.1, -0.05) is 0 Å². The zero-order valence-electron chi connectivity index (χ0n) is 9.27. The average molecular weight is 217 g/mol. The van der Waals surface area contributed by atoms with Crippen LogP contribution in [0.25, 0.3) is 5.95 Å². The third-order valence-corrected chi connectivity index (χ3v) is 3.27. The fourth-order valence-electron chi connectivity index (χ4n) is 2.55. The molecule has 4 heteroatoms. The molecular weight excluding hydrogens is 202 g/mol. The van der Waals surface area contributed by atoms with Crippen molar-refractivity contribution in [3.63, 3.8) is 0 Å². The van der Waals surface area contributed by atoms with Gasteiger partial charge in [0, 0.05) is 29.3 Å². The smallest absolute Gasteiger partial charge is 0.211 e. The van der Waals surface area contributed by atoms with E-state index < -0.39 is 0 Å². The highest BCUT2D eigenvalue weighted by Crippen LogP contribution is 2.33. The number of H-pyrrole nitrogens is 1. The van der Waals surface area contributed by atoms with Crippen molar-refractivity contribution in [1.29, 1.82) is 0 Å². The fourth-order valence-corrected chi connectivity index (χ4v) is 2.55. The molecule has 1 atom stereocenters. The van der Waals surface area contributed by atoms with Crippen LogP contribution in [0.1, 0.15) is 35.9 Å². The molecule has 0 bridgehead atoms. The van der Waals surface area contributed by atoms with Gasteiger partial charge in [0.15, 0.2) is 0 Å². The predicted molar refractivity (Wildman–Crippen MR) is 60.5 cm³/mol. The number of imidazole rings is 1. The molecule has 0 saturated carbocycles. The SMILES string of the molecule is Cc1cc2c(n1-c1ncc[nH]1)CCCC2O. The Morgan fingerprint density at radius 2 is 2.44 bits per heavy atom. The molecule has 0 aromatic carbocycles. The maximum absolute atomic E-state index is 9.95. The summed E-state index contributed by atoms with van der Waals surface area (Å²) in [5, 5.41) is 9.95. The van der Waals surface area contributed by atoms with Gasteiger partial charge < -0.3 is 10.1 Å². The van der Waals surface area contributed by atoms with Crippen LogP contribution in [0, 0.1) is 6.92 Å². The lowest BCUT2D eigenvalue weighted by Gasteiger charge is -2.19. The summed E-state index contributed by atoms with van der Waals surface area (Å²) in [5.41, 5.74) is 3.40. The molecule has 0 fully saturated rings. The number of aromatic nitrogens is 3. The number of rotatable bonds is 1. The lowest BCUT2D eigenvalue weighted by atomic mass is 9.95. The van der Waals surface area contributed by atoms with E-state index in [0.717, 1.165) is 36.5 Å². The third kappa shape index (κ3) is 1.30. The molecule has 1 unspecified atom stereocenters. The molecule has 0 spiro atoms. The Kier molecular flexibility index (Phi) is 2.11. The molecule has 2 N–H and O–H groups in total. The van der Waals surface area contributed by atoms with Crippen LogP contribution in [0.15, 0.2) is 18.5 Å². The summed E-state index contributed by atoms with van der Waals surface area (Å²) in [7, 11) is 0. The van der Waals surface area contributed by atoms with Gasteiger partial charge in [0.2, 0.25) is 5.95 Å². The number of hydrogen-bond donors (Lipinski definition) is 2. The number of fused-ring (bicyclic) bond motifs is 1. The first-order chi connectivity index (χ1) is 7.77. The highest BCUT2D eigenvalue weighted by molar-refractivity contribution is 5.37. The van der Waals surface area contributed by atoms with Crippen molar-refractivity contribution in [2.75, 3.05) is 0 Å². The maximum Gasteiger partial charge on any atom is 0.211 e. The van der Waals surface area contributed by atoms with Gasteiger partial charge in [-0.05, 0) is 32.3 Å². The molecule has 3 rings (SSSR count). The monoisotopic (exact) mass is 217 g/mol. The first-order valence-electron chi connectivity index (χ1n) is 5.66. The maximum atomic E-state index is 9.95. The zero-order chi connectivity index (χ0) is 11.1. The van der Waals surface area contributed by atoms with Gasteiger partial charge in [-0.15, -0.1) is 0 Å². The van der Waals surface area contributed by atoms with E-state index in [4.69, 9.17) is 0 Å². The lowest BCUT2D eigenvalue weighted by Crippen LogP contribution is -2.12. The molecule has 0 saturated heterocycles. The van der Waals surface area contributed by atoms with Crippen LogP contribution in [0.5, 0.6) is 0 Å². The summed E-state index contributed by atoms with van der Waals surface area (Å²) in [6.07, 6.45) is 6.19. The minimum Gasteiger partial charge on any atom is -0.388 e. The third-order valence-electron chi connectivity index (χ3n) is 3.27. The van der Waals surface area contributed by atoms with Gasteiger partial charge in [0.1, 0.15) is 0 Å². The molecule has 0 aliphatic heterocycles. The van der Waals surface area contributed by atoms with Gasteiger partial charge in [-0.2, -0.15) is 0 Å². The topological polar surface area (TPSA) is 53.8 Å². The molecule has 2 aromatic heterocycles. The first kappa shape index (κ1) is 9.66. The Morgan fingerprint density at radius 1 is 1.56 bits per heavy atom. The Morgan fingerprint density at radius 3 is 3.19 bits per heavy atom. The number of nitrogens with zero attached hydrogens (tertiary/aromatic N) is 2. The zero-order valence-corrected chi connectivity index (χ0v) is 9.27. The van der Waals surface area contributed by atoms with Gasteiger partial charge in [0.05, 0.1) is 6.10 Å². The lowest BCUT2D eigenvalue weighted by molar-refractivity contribution is 0.156. The Bertz CT molecular complexity index is 499. The second kappa shape index (κ2) is 3.49. The molecule has 2 heterocycles. The summed E-state index contributed by atoms with van der Waals surface area (Å²) >= 11 is 0. The molecule has 0 radical (unpaired) electrons. The Hall–Kier alpha value is -1.55. The van der Waals surface area contributed by atoms with Crippen molar-refractivity contribution in [3.8, 4) is 5.95 Å².